The van der Waals surface area contributed by atoms with Gasteiger partial charge in [-0.25, -0.2) is 9.67 Å². The number of carbonyl (C=O) groups is 1. The highest BCUT2D eigenvalue weighted by Gasteiger charge is 2.20. The van der Waals surface area contributed by atoms with Crippen LogP contribution in [0.1, 0.15) is 22.7 Å². The van der Waals surface area contributed by atoms with E-state index >= 15 is 0 Å². The number of rotatable bonds is 3. The second kappa shape index (κ2) is 5.24. The first kappa shape index (κ1) is 12.5. The Morgan fingerprint density at radius 3 is 3.05 bits per heavy atom. The SMILES string of the molecule is CNC(=O)c1ccc(NC2CCc3ncnn3C2)nn1. The normalized spacial score (nSPS) is 17.4. The van der Waals surface area contributed by atoms with E-state index < -0.39 is 0 Å². The summed E-state index contributed by atoms with van der Waals surface area (Å²) in [5, 5.41) is 17.9. The van der Waals surface area contributed by atoms with Crippen molar-refractivity contribution in [3.63, 3.8) is 0 Å². The Kier molecular flexibility index (Phi) is 3.28. The largest absolute Gasteiger partial charge is 0.364 e. The number of fused-ring (bicyclic) bond motifs is 1. The van der Waals surface area contributed by atoms with Gasteiger partial charge in [0.25, 0.3) is 5.91 Å². The first-order valence-electron chi connectivity index (χ1n) is 6.45. The number of nitrogens with one attached hydrogen (secondary N) is 2. The molecule has 3 rings (SSSR count). The topological polar surface area (TPSA) is 97.6 Å². The Morgan fingerprint density at radius 2 is 2.30 bits per heavy atom. The number of hydrogen-bond acceptors (Lipinski definition) is 6. The number of nitrogens with zero attached hydrogens (tertiary/aromatic N) is 5. The summed E-state index contributed by atoms with van der Waals surface area (Å²) >= 11 is 0. The molecule has 104 valence electrons. The van der Waals surface area contributed by atoms with Crippen molar-refractivity contribution in [1.29, 1.82) is 0 Å². The molecule has 1 aliphatic rings. The Balaban J connectivity index is 1.65. The van der Waals surface area contributed by atoms with E-state index in [2.05, 4.69) is 30.9 Å². The fourth-order valence-corrected chi connectivity index (χ4v) is 2.22. The summed E-state index contributed by atoms with van der Waals surface area (Å²) in [6, 6.07) is 3.65. The van der Waals surface area contributed by atoms with E-state index in [0.717, 1.165) is 25.2 Å². The Hall–Kier alpha value is -2.51. The van der Waals surface area contributed by atoms with Gasteiger partial charge in [0.05, 0.1) is 6.54 Å². The molecule has 0 spiro atoms. The zero-order valence-corrected chi connectivity index (χ0v) is 11.1. The molecule has 0 saturated carbocycles. The first-order valence-corrected chi connectivity index (χ1v) is 6.45. The van der Waals surface area contributed by atoms with Crippen LogP contribution >= 0.6 is 0 Å². The molecular formula is C12H15N7O. The molecule has 1 unspecified atom stereocenters. The number of anilines is 1. The molecule has 1 aliphatic heterocycles. The lowest BCUT2D eigenvalue weighted by Crippen LogP contribution is -2.32. The first-order chi connectivity index (χ1) is 9.76. The minimum Gasteiger partial charge on any atom is -0.364 e. The van der Waals surface area contributed by atoms with E-state index in [-0.39, 0.29) is 11.9 Å². The summed E-state index contributed by atoms with van der Waals surface area (Å²) < 4.78 is 1.90. The maximum atomic E-state index is 11.4. The molecule has 0 bridgehead atoms. The van der Waals surface area contributed by atoms with E-state index in [1.807, 2.05) is 4.68 Å². The van der Waals surface area contributed by atoms with Gasteiger partial charge in [-0.15, -0.1) is 10.2 Å². The zero-order valence-electron chi connectivity index (χ0n) is 11.1. The van der Waals surface area contributed by atoms with Crippen LogP contribution in [0.2, 0.25) is 0 Å². The Bertz CT molecular complexity index is 607. The van der Waals surface area contributed by atoms with Gasteiger partial charge < -0.3 is 10.6 Å². The molecule has 2 aromatic rings. The maximum absolute atomic E-state index is 11.4. The number of aryl methyl sites for hydroxylation is 1. The number of hydrogen-bond donors (Lipinski definition) is 2. The fraction of sp³-hybridized carbons (Fsp3) is 0.417. The van der Waals surface area contributed by atoms with Crippen molar-refractivity contribution in [2.45, 2.75) is 25.4 Å². The lowest BCUT2D eigenvalue weighted by molar-refractivity contribution is 0.0957. The van der Waals surface area contributed by atoms with Crippen LogP contribution in [0, 0.1) is 0 Å². The summed E-state index contributed by atoms with van der Waals surface area (Å²) in [5.41, 5.74) is 0.306. The minimum atomic E-state index is -0.242. The Labute approximate surface area is 115 Å². The number of amides is 1. The van der Waals surface area contributed by atoms with Crippen molar-refractivity contribution in [2.75, 3.05) is 12.4 Å². The summed E-state index contributed by atoms with van der Waals surface area (Å²) in [6.45, 7) is 0.758. The third-order valence-corrected chi connectivity index (χ3v) is 3.28. The molecule has 0 saturated heterocycles. The van der Waals surface area contributed by atoms with Crippen molar-refractivity contribution in [1.82, 2.24) is 30.3 Å². The molecule has 0 radical (unpaired) electrons. The van der Waals surface area contributed by atoms with Gasteiger partial charge in [0.15, 0.2) is 5.69 Å². The van der Waals surface area contributed by atoms with Crippen molar-refractivity contribution < 1.29 is 4.79 Å². The van der Waals surface area contributed by atoms with Gasteiger partial charge >= 0.3 is 0 Å². The van der Waals surface area contributed by atoms with Crippen LogP contribution < -0.4 is 10.6 Å². The standard InChI is InChI=1S/C12H15N7O/c1-13-12(20)9-3-4-10(18-17-9)16-8-2-5-11-14-7-15-19(11)6-8/h3-4,7-8H,2,5-6H2,1H3,(H,13,20)(H,16,18). The van der Waals surface area contributed by atoms with Crippen LogP contribution in [0.4, 0.5) is 5.82 Å². The summed E-state index contributed by atoms with van der Waals surface area (Å²) in [7, 11) is 1.56. The number of carbonyl (C=O) groups excluding carboxylic acids is 1. The van der Waals surface area contributed by atoms with Crippen LogP contribution in [0.25, 0.3) is 0 Å². The van der Waals surface area contributed by atoms with Crippen LogP contribution in [-0.2, 0) is 13.0 Å². The van der Waals surface area contributed by atoms with Crippen molar-refractivity contribution in [3.05, 3.63) is 30.0 Å². The highest BCUT2D eigenvalue weighted by molar-refractivity contribution is 5.91. The summed E-state index contributed by atoms with van der Waals surface area (Å²) in [5.74, 6) is 1.43. The van der Waals surface area contributed by atoms with Crippen LogP contribution in [0.15, 0.2) is 18.5 Å². The van der Waals surface area contributed by atoms with Crippen molar-refractivity contribution in [3.8, 4) is 0 Å². The lowest BCUT2D eigenvalue weighted by atomic mass is 10.1. The highest BCUT2D eigenvalue weighted by Crippen LogP contribution is 2.15. The molecule has 0 aliphatic carbocycles. The summed E-state index contributed by atoms with van der Waals surface area (Å²) in [4.78, 5) is 15.6. The molecule has 1 amide bonds. The minimum absolute atomic E-state index is 0.240. The van der Waals surface area contributed by atoms with E-state index in [9.17, 15) is 4.79 Å². The van der Waals surface area contributed by atoms with Gasteiger partial charge in [-0.3, -0.25) is 4.79 Å². The Morgan fingerprint density at radius 1 is 1.40 bits per heavy atom. The third-order valence-electron chi connectivity index (χ3n) is 3.28. The number of aromatic nitrogens is 5. The molecular weight excluding hydrogens is 258 g/mol. The molecule has 2 N–H and O–H groups in total. The average Bonchev–Trinajstić information content (AvgIpc) is 2.95. The molecule has 1 atom stereocenters. The molecule has 0 fully saturated rings. The average molecular weight is 273 g/mol. The highest BCUT2D eigenvalue weighted by atomic mass is 16.1. The van der Waals surface area contributed by atoms with Crippen molar-refractivity contribution >= 4 is 11.7 Å². The second-order valence-electron chi connectivity index (χ2n) is 4.62. The van der Waals surface area contributed by atoms with Gasteiger partial charge in [0.2, 0.25) is 0 Å². The van der Waals surface area contributed by atoms with E-state index in [0.29, 0.717) is 11.5 Å². The quantitative estimate of drug-likeness (QED) is 0.807. The maximum Gasteiger partial charge on any atom is 0.271 e. The van der Waals surface area contributed by atoms with E-state index in [1.54, 1.807) is 25.5 Å². The molecule has 20 heavy (non-hydrogen) atoms. The van der Waals surface area contributed by atoms with Gasteiger partial charge in [-0.2, -0.15) is 5.10 Å². The van der Waals surface area contributed by atoms with Crippen LogP contribution in [0.3, 0.4) is 0 Å². The van der Waals surface area contributed by atoms with Gasteiger partial charge in [0, 0.05) is 19.5 Å². The third kappa shape index (κ3) is 2.44. The zero-order chi connectivity index (χ0) is 13.9. The molecule has 3 heterocycles. The predicted octanol–water partition coefficient (Wildman–Crippen LogP) is -0.145. The second-order valence-corrected chi connectivity index (χ2v) is 4.62. The van der Waals surface area contributed by atoms with E-state index in [4.69, 9.17) is 0 Å². The monoisotopic (exact) mass is 273 g/mol. The molecule has 0 aromatic carbocycles. The fourth-order valence-electron chi connectivity index (χ4n) is 2.22. The van der Waals surface area contributed by atoms with Crippen molar-refractivity contribution in [2.24, 2.45) is 0 Å². The summed E-state index contributed by atoms with van der Waals surface area (Å²) in [6.07, 6.45) is 3.44. The lowest BCUT2D eigenvalue weighted by Gasteiger charge is -2.23. The molecule has 2 aromatic heterocycles. The molecule has 8 heteroatoms. The predicted molar refractivity (Wildman–Crippen MR) is 71.2 cm³/mol. The van der Waals surface area contributed by atoms with Gasteiger partial charge in [-0.05, 0) is 18.6 Å². The van der Waals surface area contributed by atoms with Crippen LogP contribution in [-0.4, -0.2) is 44.0 Å². The van der Waals surface area contributed by atoms with Crippen LogP contribution in [0.5, 0.6) is 0 Å². The van der Waals surface area contributed by atoms with Gasteiger partial charge in [0.1, 0.15) is 18.0 Å². The smallest absolute Gasteiger partial charge is 0.271 e. The van der Waals surface area contributed by atoms with E-state index in [1.165, 1.54) is 0 Å². The molecule has 8 nitrogen and oxygen atoms in total. The van der Waals surface area contributed by atoms with Gasteiger partial charge in [-0.1, -0.05) is 0 Å².